The van der Waals surface area contributed by atoms with Crippen LogP contribution >= 0.6 is 27.3 Å². The van der Waals surface area contributed by atoms with E-state index >= 15 is 0 Å². The van der Waals surface area contributed by atoms with Gasteiger partial charge in [0, 0.05) is 36.1 Å². The molecule has 1 unspecified atom stereocenters. The highest BCUT2D eigenvalue weighted by atomic mass is 79.9. The third-order valence-corrected chi connectivity index (χ3v) is 5.00. The summed E-state index contributed by atoms with van der Waals surface area (Å²) in [5.41, 5.74) is 0.236. The highest BCUT2D eigenvalue weighted by molar-refractivity contribution is 9.11. The quantitative estimate of drug-likeness (QED) is 0.918. The van der Waals surface area contributed by atoms with Crippen molar-refractivity contribution in [2.24, 2.45) is 0 Å². The molecule has 1 aromatic rings. The van der Waals surface area contributed by atoms with Crippen molar-refractivity contribution in [2.75, 3.05) is 13.1 Å². The Balaban J connectivity index is 2.05. The Labute approximate surface area is 117 Å². The van der Waals surface area contributed by atoms with Crippen LogP contribution in [0.4, 0.5) is 0 Å². The van der Waals surface area contributed by atoms with Gasteiger partial charge in [0.15, 0.2) is 0 Å². The summed E-state index contributed by atoms with van der Waals surface area (Å²) in [4.78, 5) is 4.07. The molecule has 4 heteroatoms. The largest absolute Gasteiger partial charge is 0.309 e. The number of hydrogen-bond acceptors (Lipinski definition) is 3. The molecular weight excluding hydrogens is 296 g/mol. The summed E-state index contributed by atoms with van der Waals surface area (Å²) in [6.45, 7) is 10.2. The van der Waals surface area contributed by atoms with Crippen molar-refractivity contribution in [3.63, 3.8) is 0 Å². The molecule has 0 radical (unpaired) electrons. The highest BCUT2D eigenvalue weighted by Gasteiger charge is 2.31. The van der Waals surface area contributed by atoms with E-state index in [0.29, 0.717) is 6.04 Å². The lowest BCUT2D eigenvalue weighted by Gasteiger charge is -2.44. The Bertz CT molecular complexity index is 375. The zero-order valence-electron chi connectivity index (χ0n) is 10.8. The summed E-state index contributed by atoms with van der Waals surface area (Å²) in [5, 5.41) is 3.63. The maximum atomic E-state index is 3.63. The van der Waals surface area contributed by atoms with Crippen LogP contribution in [0.1, 0.15) is 32.1 Å². The van der Waals surface area contributed by atoms with E-state index in [1.807, 2.05) is 11.3 Å². The summed E-state index contributed by atoms with van der Waals surface area (Å²) in [6.07, 6.45) is 1.22. The van der Waals surface area contributed by atoms with Crippen LogP contribution in [0.5, 0.6) is 0 Å². The van der Waals surface area contributed by atoms with Gasteiger partial charge in [0.2, 0.25) is 0 Å². The van der Waals surface area contributed by atoms with Crippen molar-refractivity contribution in [1.82, 2.24) is 10.2 Å². The van der Waals surface area contributed by atoms with E-state index in [2.05, 4.69) is 59.1 Å². The van der Waals surface area contributed by atoms with Crippen LogP contribution in [0.2, 0.25) is 0 Å². The number of thiophene rings is 1. The topological polar surface area (TPSA) is 15.3 Å². The lowest BCUT2D eigenvalue weighted by atomic mass is 9.97. The van der Waals surface area contributed by atoms with Gasteiger partial charge in [-0.05, 0) is 48.3 Å². The first kappa shape index (κ1) is 13.5. The first-order valence-electron chi connectivity index (χ1n) is 6.23. The molecule has 1 fully saturated rings. The molecule has 1 aliphatic rings. The van der Waals surface area contributed by atoms with Gasteiger partial charge in [-0.3, -0.25) is 4.90 Å². The molecule has 96 valence electrons. The first-order chi connectivity index (χ1) is 8.00. The van der Waals surface area contributed by atoms with Gasteiger partial charge < -0.3 is 5.32 Å². The molecular formula is C13H21BrN2S. The Morgan fingerprint density at radius 2 is 2.29 bits per heavy atom. The normalized spacial score (nSPS) is 25.1. The second-order valence-corrected chi connectivity index (χ2v) is 7.99. The molecule has 0 spiro atoms. The van der Waals surface area contributed by atoms with Crippen molar-refractivity contribution in [3.8, 4) is 0 Å². The summed E-state index contributed by atoms with van der Waals surface area (Å²) >= 11 is 5.39. The van der Waals surface area contributed by atoms with Gasteiger partial charge in [-0.15, -0.1) is 11.3 Å². The minimum absolute atomic E-state index is 0.236. The molecule has 0 amide bonds. The Kier molecular flexibility index (Phi) is 4.29. The molecule has 17 heavy (non-hydrogen) atoms. The van der Waals surface area contributed by atoms with Crippen molar-refractivity contribution >= 4 is 27.3 Å². The predicted molar refractivity (Wildman–Crippen MR) is 78.6 cm³/mol. The van der Waals surface area contributed by atoms with Crippen LogP contribution < -0.4 is 5.32 Å². The Morgan fingerprint density at radius 1 is 1.53 bits per heavy atom. The predicted octanol–water partition coefficient (Wildman–Crippen LogP) is 3.47. The highest BCUT2D eigenvalue weighted by Crippen LogP contribution is 2.26. The summed E-state index contributed by atoms with van der Waals surface area (Å²) in [7, 11) is 0. The summed E-state index contributed by atoms with van der Waals surface area (Å²) in [6, 6.07) is 5.05. The third-order valence-electron chi connectivity index (χ3n) is 3.39. The van der Waals surface area contributed by atoms with E-state index in [1.54, 1.807) is 0 Å². The van der Waals surface area contributed by atoms with Gasteiger partial charge >= 0.3 is 0 Å². The first-order valence-corrected chi connectivity index (χ1v) is 7.84. The van der Waals surface area contributed by atoms with Gasteiger partial charge in [-0.25, -0.2) is 0 Å². The molecule has 1 aromatic heterocycles. The number of nitrogens with zero attached hydrogens (tertiary/aromatic N) is 1. The number of rotatable bonds is 3. The molecule has 0 aromatic carbocycles. The molecule has 2 heterocycles. The van der Waals surface area contributed by atoms with E-state index in [9.17, 15) is 0 Å². The lowest BCUT2D eigenvalue weighted by Crippen LogP contribution is -2.60. The lowest BCUT2D eigenvalue weighted by molar-refractivity contribution is 0.0868. The number of piperazine rings is 1. The van der Waals surface area contributed by atoms with Crippen LogP contribution in [-0.4, -0.2) is 29.6 Å². The fourth-order valence-electron chi connectivity index (χ4n) is 2.44. The second-order valence-electron chi connectivity index (χ2n) is 5.44. The van der Waals surface area contributed by atoms with Gasteiger partial charge in [0.1, 0.15) is 0 Å². The fourth-order valence-corrected chi connectivity index (χ4v) is 3.95. The second kappa shape index (κ2) is 5.39. The van der Waals surface area contributed by atoms with Crippen molar-refractivity contribution in [2.45, 2.75) is 45.3 Å². The van der Waals surface area contributed by atoms with Crippen LogP contribution in [0, 0.1) is 0 Å². The zero-order chi connectivity index (χ0) is 12.5. The number of hydrogen-bond donors (Lipinski definition) is 1. The SMILES string of the molecule is CCC1CNC(C)(C)CN1Cc1ccc(Br)s1. The van der Waals surface area contributed by atoms with E-state index in [0.717, 1.165) is 19.6 Å². The van der Waals surface area contributed by atoms with Gasteiger partial charge in [0.05, 0.1) is 3.79 Å². The fraction of sp³-hybridized carbons (Fsp3) is 0.692. The van der Waals surface area contributed by atoms with Gasteiger partial charge in [-0.2, -0.15) is 0 Å². The maximum Gasteiger partial charge on any atom is 0.0701 e. The van der Waals surface area contributed by atoms with E-state index in [-0.39, 0.29) is 5.54 Å². The van der Waals surface area contributed by atoms with Crippen LogP contribution in [0.15, 0.2) is 15.9 Å². The molecule has 0 aliphatic carbocycles. The summed E-state index contributed by atoms with van der Waals surface area (Å²) in [5.74, 6) is 0. The Hall–Kier alpha value is 0.1000. The molecule has 1 atom stereocenters. The van der Waals surface area contributed by atoms with Crippen molar-refractivity contribution in [1.29, 1.82) is 0 Å². The minimum atomic E-state index is 0.236. The van der Waals surface area contributed by atoms with Gasteiger partial charge in [-0.1, -0.05) is 6.92 Å². The molecule has 0 bridgehead atoms. The maximum absolute atomic E-state index is 3.63. The van der Waals surface area contributed by atoms with E-state index in [1.165, 1.54) is 15.1 Å². The minimum Gasteiger partial charge on any atom is -0.309 e. The Morgan fingerprint density at radius 3 is 2.88 bits per heavy atom. The molecule has 1 saturated heterocycles. The van der Waals surface area contributed by atoms with E-state index < -0.39 is 0 Å². The molecule has 1 N–H and O–H groups in total. The average molecular weight is 317 g/mol. The standard InChI is InChI=1S/C13H21BrN2S/c1-4-10-7-15-13(2,3)9-16(10)8-11-5-6-12(14)17-11/h5-6,10,15H,4,7-9H2,1-3H3. The molecule has 2 rings (SSSR count). The molecule has 2 nitrogen and oxygen atoms in total. The van der Waals surface area contributed by atoms with Crippen LogP contribution in [0.25, 0.3) is 0 Å². The zero-order valence-corrected chi connectivity index (χ0v) is 13.2. The molecule has 1 aliphatic heterocycles. The smallest absolute Gasteiger partial charge is 0.0701 e. The monoisotopic (exact) mass is 316 g/mol. The average Bonchev–Trinajstić information content (AvgIpc) is 2.63. The van der Waals surface area contributed by atoms with Gasteiger partial charge in [0.25, 0.3) is 0 Å². The summed E-state index contributed by atoms with van der Waals surface area (Å²) < 4.78 is 1.23. The van der Waals surface area contributed by atoms with Crippen molar-refractivity contribution in [3.05, 3.63) is 20.8 Å². The number of halogens is 1. The number of nitrogens with one attached hydrogen (secondary N) is 1. The van der Waals surface area contributed by atoms with Crippen LogP contribution in [0.3, 0.4) is 0 Å². The van der Waals surface area contributed by atoms with Crippen molar-refractivity contribution < 1.29 is 0 Å². The van der Waals surface area contributed by atoms with E-state index in [4.69, 9.17) is 0 Å². The third kappa shape index (κ3) is 3.53. The molecule has 0 saturated carbocycles. The van der Waals surface area contributed by atoms with Crippen LogP contribution in [-0.2, 0) is 6.54 Å².